The molecule has 2 amide bonds. The van der Waals surface area contributed by atoms with E-state index in [1.54, 1.807) is 53.8 Å². The van der Waals surface area contributed by atoms with Crippen LogP contribution < -0.4 is 10.2 Å². The number of hydrogen-bond acceptors (Lipinski definition) is 8. The van der Waals surface area contributed by atoms with Gasteiger partial charge in [-0.05, 0) is 43.4 Å². The summed E-state index contributed by atoms with van der Waals surface area (Å²) in [6.45, 7) is 12.1. The van der Waals surface area contributed by atoms with Crippen molar-refractivity contribution in [1.29, 1.82) is 0 Å². The van der Waals surface area contributed by atoms with Crippen LogP contribution in [0.15, 0.2) is 60.8 Å². The highest BCUT2D eigenvalue weighted by molar-refractivity contribution is 5.98. The third-order valence-electron chi connectivity index (χ3n) is 7.83. The lowest BCUT2D eigenvalue weighted by atomic mass is 9.69. The first-order chi connectivity index (χ1) is 21.5. The zero-order valence-electron chi connectivity index (χ0n) is 26.9. The molecule has 242 valence electrons. The summed E-state index contributed by atoms with van der Waals surface area (Å²) in [5, 5.41) is 2.61. The lowest BCUT2D eigenvalue weighted by Crippen LogP contribution is -2.33. The number of nitrogens with one attached hydrogen (secondary N) is 1. The van der Waals surface area contributed by atoms with Gasteiger partial charge in [-0.3, -0.25) is 19.7 Å². The van der Waals surface area contributed by atoms with Gasteiger partial charge < -0.3 is 14.6 Å². The van der Waals surface area contributed by atoms with E-state index in [0.29, 0.717) is 22.8 Å². The van der Waals surface area contributed by atoms with E-state index in [2.05, 4.69) is 50.5 Å². The van der Waals surface area contributed by atoms with E-state index in [4.69, 9.17) is 4.74 Å². The minimum atomic E-state index is -0.589. The molecule has 0 bridgehead atoms. The largest absolute Gasteiger partial charge is 0.442 e. The summed E-state index contributed by atoms with van der Waals surface area (Å²) in [6.07, 6.45) is 14.6. The highest BCUT2D eigenvalue weighted by atomic mass is 19.1. The summed E-state index contributed by atoms with van der Waals surface area (Å²) in [7, 11) is 2.92. The van der Waals surface area contributed by atoms with E-state index in [1.807, 2.05) is 6.92 Å². The Morgan fingerprint density at radius 2 is 1.98 bits per heavy atom. The Morgan fingerprint density at radius 3 is 2.49 bits per heavy atom. The van der Waals surface area contributed by atoms with E-state index >= 15 is 4.39 Å². The second-order valence-electron chi connectivity index (χ2n) is 11.0. The fraction of sp³-hybridized carbons (Fsp3) is 0.424. The molecule has 0 radical (unpaired) electrons. The Balaban J connectivity index is 0.000000425. The van der Waals surface area contributed by atoms with Crippen molar-refractivity contribution in [3.8, 4) is 5.69 Å². The van der Waals surface area contributed by atoms with E-state index in [1.165, 1.54) is 57.8 Å². The Morgan fingerprint density at radius 1 is 1.24 bits per heavy atom. The summed E-state index contributed by atoms with van der Waals surface area (Å²) in [5.41, 5.74) is 4.03. The van der Waals surface area contributed by atoms with Gasteiger partial charge in [-0.1, -0.05) is 39.3 Å². The fourth-order valence-corrected chi connectivity index (χ4v) is 4.68. The zero-order valence-corrected chi connectivity index (χ0v) is 26.9. The predicted molar refractivity (Wildman–Crippen MR) is 172 cm³/mol. The lowest BCUT2D eigenvalue weighted by Gasteiger charge is -2.37. The molecule has 1 unspecified atom stereocenters. The van der Waals surface area contributed by atoms with Crippen molar-refractivity contribution >= 4 is 35.2 Å². The second-order valence-corrected chi connectivity index (χ2v) is 11.0. The fourth-order valence-electron chi connectivity index (χ4n) is 4.68. The van der Waals surface area contributed by atoms with Crippen LogP contribution in [0.2, 0.25) is 0 Å². The Labute approximate surface area is 264 Å². The number of cyclic esters (lactones) is 1. The van der Waals surface area contributed by atoms with Crippen LogP contribution >= 0.6 is 0 Å². The molecule has 3 aromatic rings. The van der Waals surface area contributed by atoms with Gasteiger partial charge in [0.05, 0.1) is 56.3 Å². The average Bonchev–Trinajstić information content (AvgIpc) is 3.61. The number of carbonyl (C=O) groups excluding carboxylic acids is 2. The van der Waals surface area contributed by atoms with Crippen LogP contribution in [0, 0.1) is 11.2 Å². The van der Waals surface area contributed by atoms with E-state index < -0.39 is 18.0 Å². The van der Waals surface area contributed by atoms with Gasteiger partial charge >= 0.3 is 6.09 Å². The predicted octanol–water partition coefficient (Wildman–Crippen LogP) is 6.43. The molecule has 1 saturated carbocycles. The average molecular weight is 623 g/mol. The number of nitrogens with zero attached hydrogens (tertiary/aromatic N) is 5. The number of amides is 2. The van der Waals surface area contributed by atoms with Crippen LogP contribution in [0.1, 0.15) is 64.6 Å². The molecule has 1 saturated heterocycles. The molecular weight excluding hydrogens is 579 g/mol. The summed E-state index contributed by atoms with van der Waals surface area (Å²) in [6, 6.07) is 4.50. The molecule has 5 rings (SSSR count). The third-order valence-corrected chi connectivity index (χ3v) is 7.83. The lowest BCUT2D eigenvalue weighted by molar-refractivity contribution is -0.248. The van der Waals surface area contributed by atoms with Crippen LogP contribution in [0.3, 0.4) is 0 Å². The first-order valence-corrected chi connectivity index (χ1v) is 14.8. The smallest absolute Gasteiger partial charge is 0.414 e. The highest BCUT2D eigenvalue weighted by Gasteiger charge is 2.33. The molecule has 2 fully saturated rings. The van der Waals surface area contributed by atoms with Crippen molar-refractivity contribution in [1.82, 2.24) is 19.9 Å². The first-order valence-electron chi connectivity index (χ1n) is 14.8. The minimum Gasteiger partial charge on any atom is -0.442 e. The summed E-state index contributed by atoms with van der Waals surface area (Å²) < 4.78 is 22.0. The Kier molecular flexibility index (Phi) is 12.9. The molecule has 1 aliphatic carbocycles. The minimum absolute atomic E-state index is 0.198. The van der Waals surface area contributed by atoms with Crippen LogP contribution in [-0.2, 0) is 19.3 Å². The summed E-state index contributed by atoms with van der Waals surface area (Å²) in [5.74, 6) is -0.742. The zero-order chi connectivity index (χ0) is 33.0. The molecule has 2 aromatic heterocycles. The Hall–Kier alpha value is -4.42. The van der Waals surface area contributed by atoms with Gasteiger partial charge in [0, 0.05) is 37.3 Å². The maximum Gasteiger partial charge on any atom is 0.414 e. The molecule has 45 heavy (non-hydrogen) atoms. The molecule has 1 aromatic carbocycles. The van der Waals surface area contributed by atoms with E-state index in [0.717, 1.165) is 11.0 Å². The van der Waals surface area contributed by atoms with Gasteiger partial charge in [0.25, 0.3) is 0 Å². The molecule has 2 aliphatic rings. The van der Waals surface area contributed by atoms with Crippen molar-refractivity contribution in [2.45, 2.75) is 59.5 Å². The molecule has 1 aliphatic heterocycles. The summed E-state index contributed by atoms with van der Waals surface area (Å²) in [4.78, 5) is 45.6. The number of benzene rings is 1. The number of aromatic nitrogens is 3. The van der Waals surface area contributed by atoms with Crippen molar-refractivity contribution in [3.63, 3.8) is 0 Å². The molecule has 3 heterocycles. The van der Waals surface area contributed by atoms with Crippen molar-refractivity contribution < 1.29 is 28.5 Å². The van der Waals surface area contributed by atoms with Gasteiger partial charge in [0.15, 0.2) is 0 Å². The standard InChI is InChI=1S/C24H23FN6O3.C7H14.C2H6O2/c1-4-17-12-30(14-22(17)29-15(2)21-11-26-7-8-27-21)23-6-5-18(9-20(23)25)31-13-19(34-24(31)33)10-28-16(3)32;1-3-7(2)5-4-6-7;1-3-4-2/h4-9,11-12,14,19H,1,10,13H2,2-3H3,(H,28,32);3-6H2,1-2H3;1-2H3. The molecule has 12 heteroatoms. The van der Waals surface area contributed by atoms with Crippen molar-refractivity contribution in [2.75, 3.05) is 32.2 Å². The van der Waals surface area contributed by atoms with Crippen molar-refractivity contribution in [2.24, 2.45) is 10.4 Å². The number of anilines is 1. The van der Waals surface area contributed by atoms with Gasteiger partial charge in [0.1, 0.15) is 17.6 Å². The number of carbonyl (C=O) groups is 2. The van der Waals surface area contributed by atoms with Crippen molar-refractivity contribution in [3.05, 3.63) is 72.8 Å². The molecule has 0 spiro atoms. The van der Waals surface area contributed by atoms with Gasteiger partial charge in [-0.25, -0.2) is 24.0 Å². The number of ether oxygens (including phenoxy) is 1. The van der Waals surface area contributed by atoms with Crippen LogP contribution in [0.25, 0.3) is 11.8 Å². The highest BCUT2D eigenvalue weighted by Crippen LogP contribution is 2.42. The Bertz CT molecular complexity index is 1460. The molecular formula is C33H43FN6O5. The van der Waals surface area contributed by atoms with Gasteiger partial charge in [-0.15, -0.1) is 0 Å². The van der Waals surface area contributed by atoms with Gasteiger partial charge in [-0.2, -0.15) is 0 Å². The van der Waals surface area contributed by atoms with Gasteiger partial charge in [0.2, 0.25) is 5.91 Å². The SMILES string of the molecule is C=Cc1cn(-c2ccc(N3CC(CNC(C)=O)OC3=O)cc2F)cc1N=C(C)c1cnccn1.CCC1(C)CCC1.COOC. The normalized spacial score (nSPS) is 16.8. The number of aliphatic imine (C=N–C) groups is 1. The monoisotopic (exact) mass is 622 g/mol. The maximum atomic E-state index is 15.1. The molecule has 1 atom stereocenters. The topological polar surface area (TPSA) is 120 Å². The van der Waals surface area contributed by atoms with Crippen LogP contribution in [0.4, 0.5) is 20.6 Å². The number of halogens is 1. The third kappa shape index (κ3) is 9.79. The number of hydrogen-bond donors (Lipinski definition) is 1. The van der Waals surface area contributed by atoms with Crippen LogP contribution in [-0.4, -0.2) is 65.7 Å². The van der Waals surface area contributed by atoms with E-state index in [9.17, 15) is 9.59 Å². The maximum absolute atomic E-state index is 15.1. The quantitative estimate of drug-likeness (QED) is 0.166. The van der Waals surface area contributed by atoms with Crippen LogP contribution in [0.5, 0.6) is 0 Å². The number of rotatable bonds is 9. The molecule has 11 nitrogen and oxygen atoms in total. The van der Waals surface area contributed by atoms with E-state index in [-0.39, 0.29) is 24.7 Å². The summed E-state index contributed by atoms with van der Waals surface area (Å²) >= 11 is 0. The first kappa shape index (κ1) is 35.1. The molecule has 1 N–H and O–H groups in total. The second kappa shape index (κ2) is 16.6.